The van der Waals surface area contributed by atoms with Crippen LogP contribution in [0.4, 0.5) is 0 Å². The standard InChI is InChI=1S/C20H17NO2S2/c1-15-11-13-17(14-12-15)25(22,23)21-20(16-7-3-2-4-8-16)18-9-5-6-10-19(18)24-21/h2-14,20H,1H3/t20-/m0/s1. The summed E-state index contributed by atoms with van der Waals surface area (Å²) < 4.78 is 28.1. The second-order valence-corrected chi connectivity index (χ2v) is 9.08. The van der Waals surface area contributed by atoms with Gasteiger partial charge in [-0.3, -0.25) is 0 Å². The highest BCUT2D eigenvalue weighted by Crippen LogP contribution is 2.50. The lowest BCUT2D eigenvalue weighted by atomic mass is 10.00. The number of benzene rings is 3. The molecule has 0 saturated carbocycles. The first-order valence-corrected chi connectivity index (χ1v) is 10.2. The highest BCUT2D eigenvalue weighted by Gasteiger charge is 2.40. The lowest BCUT2D eigenvalue weighted by Gasteiger charge is -2.23. The predicted octanol–water partition coefficient (Wildman–Crippen LogP) is 4.80. The largest absolute Gasteiger partial charge is 0.253 e. The maximum Gasteiger partial charge on any atom is 0.253 e. The first kappa shape index (κ1) is 16.4. The first-order chi connectivity index (χ1) is 12.1. The van der Waals surface area contributed by atoms with Crippen molar-refractivity contribution in [3.8, 4) is 0 Å². The van der Waals surface area contributed by atoms with Crippen LogP contribution in [0.25, 0.3) is 0 Å². The predicted molar refractivity (Wildman–Crippen MR) is 101 cm³/mol. The minimum Gasteiger partial charge on any atom is -0.206 e. The number of sulfonamides is 1. The van der Waals surface area contributed by atoms with Gasteiger partial charge in [-0.2, -0.15) is 0 Å². The van der Waals surface area contributed by atoms with Gasteiger partial charge < -0.3 is 0 Å². The molecule has 0 amide bonds. The summed E-state index contributed by atoms with van der Waals surface area (Å²) in [4.78, 5) is 1.30. The van der Waals surface area contributed by atoms with Crippen molar-refractivity contribution in [2.45, 2.75) is 22.8 Å². The van der Waals surface area contributed by atoms with Crippen molar-refractivity contribution >= 4 is 22.0 Å². The average Bonchev–Trinajstić information content (AvgIpc) is 3.03. The Labute approximate surface area is 152 Å². The molecular weight excluding hydrogens is 350 g/mol. The van der Waals surface area contributed by atoms with E-state index in [1.807, 2.05) is 73.7 Å². The zero-order valence-electron chi connectivity index (χ0n) is 13.7. The van der Waals surface area contributed by atoms with Crippen LogP contribution in [0.5, 0.6) is 0 Å². The zero-order chi connectivity index (χ0) is 17.4. The lowest BCUT2D eigenvalue weighted by Crippen LogP contribution is -2.26. The van der Waals surface area contributed by atoms with E-state index >= 15 is 0 Å². The Kier molecular flexibility index (Phi) is 4.15. The molecule has 0 bridgehead atoms. The lowest BCUT2D eigenvalue weighted by molar-refractivity contribution is 0.515. The van der Waals surface area contributed by atoms with Gasteiger partial charge in [0.25, 0.3) is 10.0 Å². The average molecular weight is 367 g/mol. The van der Waals surface area contributed by atoms with Crippen LogP contribution in [0.15, 0.2) is 88.7 Å². The van der Waals surface area contributed by atoms with Gasteiger partial charge in [0.15, 0.2) is 0 Å². The van der Waals surface area contributed by atoms with E-state index in [4.69, 9.17) is 0 Å². The molecule has 5 heteroatoms. The summed E-state index contributed by atoms with van der Waals surface area (Å²) in [5, 5.41) is 0. The maximum absolute atomic E-state index is 13.3. The van der Waals surface area contributed by atoms with Crippen LogP contribution in [-0.2, 0) is 10.0 Å². The summed E-state index contributed by atoms with van der Waals surface area (Å²) in [6.07, 6.45) is 0. The highest BCUT2D eigenvalue weighted by atomic mass is 32.3. The molecule has 25 heavy (non-hydrogen) atoms. The Morgan fingerprint density at radius 1 is 0.840 bits per heavy atom. The smallest absolute Gasteiger partial charge is 0.206 e. The van der Waals surface area contributed by atoms with Crippen molar-refractivity contribution in [2.24, 2.45) is 0 Å². The van der Waals surface area contributed by atoms with Gasteiger partial charge in [-0.05, 0) is 48.2 Å². The van der Waals surface area contributed by atoms with Gasteiger partial charge in [-0.1, -0.05) is 66.2 Å². The van der Waals surface area contributed by atoms with E-state index in [1.54, 1.807) is 12.1 Å². The Hall–Kier alpha value is -2.08. The van der Waals surface area contributed by atoms with E-state index in [1.165, 1.54) is 15.7 Å². The normalized spacial score (nSPS) is 17.4. The Morgan fingerprint density at radius 3 is 2.20 bits per heavy atom. The second-order valence-electron chi connectivity index (χ2n) is 6.02. The topological polar surface area (TPSA) is 37.4 Å². The van der Waals surface area contributed by atoms with E-state index < -0.39 is 10.0 Å². The number of fused-ring (bicyclic) bond motifs is 1. The third-order valence-electron chi connectivity index (χ3n) is 4.28. The van der Waals surface area contributed by atoms with Crippen LogP contribution in [0.2, 0.25) is 0 Å². The van der Waals surface area contributed by atoms with Gasteiger partial charge in [-0.15, -0.1) is 3.71 Å². The summed E-state index contributed by atoms with van der Waals surface area (Å²) in [5.74, 6) is 0. The molecule has 0 N–H and O–H groups in total. The molecule has 3 aromatic rings. The van der Waals surface area contributed by atoms with Crippen molar-refractivity contribution in [3.05, 3.63) is 95.6 Å². The van der Waals surface area contributed by atoms with Crippen molar-refractivity contribution < 1.29 is 8.42 Å². The van der Waals surface area contributed by atoms with Gasteiger partial charge in [-0.25, -0.2) is 8.42 Å². The van der Waals surface area contributed by atoms with Crippen molar-refractivity contribution in [1.82, 2.24) is 3.71 Å². The van der Waals surface area contributed by atoms with E-state index in [0.29, 0.717) is 4.90 Å². The third-order valence-corrected chi connectivity index (χ3v) is 7.61. The van der Waals surface area contributed by atoms with Crippen LogP contribution < -0.4 is 0 Å². The molecule has 1 heterocycles. The summed E-state index contributed by atoms with van der Waals surface area (Å²) >= 11 is 1.29. The van der Waals surface area contributed by atoms with E-state index in [-0.39, 0.29) is 6.04 Å². The SMILES string of the molecule is Cc1ccc(S(=O)(=O)N2Sc3ccccc3[C@@H]2c2ccccc2)cc1. The van der Waals surface area contributed by atoms with Gasteiger partial charge >= 0.3 is 0 Å². The Balaban J connectivity index is 1.85. The molecule has 3 nitrogen and oxygen atoms in total. The molecule has 4 rings (SSSR count). The molecule has 0 radical (unpaired) electrons. The molecule has 0 spiro atoms. The molecule has 0 fully saturated rings. The van der Waals surface area contributed by atoms with Gasteiger partial charge in [0.05, 0.1) is 10.9 Å². The molecule has 126 valence electrons. The minimum atomic E-state index is -3.62. The van der Waals surface area contributed by atoms with Gasteiger partial charge in [0.1, 0.15) is 0 Å². The van der Waals surface area contributed by atoms with Crippen LogP contribution in [0.3, 0.4) is 0 Å². The molecule has 0 saturated heterocycles. The van der Waals surface area contributed by atoms with Crippen molar-refractivity contribution in [1.29, 1.82) is 0 Å². The van der Waals surface area contributed by atoms with Gasteiger partial charge in [0, 0.05) is 4.90 Å². The quantitative estimate of drug-likeness (QED) is 0.624. The van der Waals surface area contributed by atoms with Crippen molar-refractivity contribution in [2.75, 3.05) is 0 Å². The number of hydrogen-bond donors (Lipinski definition) is 0. The van der Waals surface area contributed by atoms with Gasteiger partial charge in [0.2, 0.25) is 0 Å². The van der Waals surface area contributed by atoms with Crippen LogP contribution >= 0.6 is 11.9 Å². The Morgan fingerprint density at radius 2 is 1.48 bits per heavy atom. The summed E-state index contributed by atoms with van der Waals surface area (Å²) in [6, 6.07) is 24.3. The summed E-state index contributed by atoms with van der Waals surface area (Å²) in [6.45, 7) is 1.95. The molecule has 0 aliphatic carbocycles. The molecule has 0 unspecified atom stereocenters. The molecule has 3 aromatic carbocycles. The minimum absolute atomic E-state index is 0.319. The summed E-state index contributed by atoms with van der Waals surface area (Å²) in [5.41, 5.74) is 3.03. The molecular formula is C20H17NO2S2. The number of rotatable bonds is 3. The van der Waals surface area contributed by atoms with Crippen molar-refractivity contribution in [3.63, 3.8) is 0 Å². The molecule has 1 aliphatic rings. The third kappa shape index (κ3) is 2.88. The molecule has 1 atom stereocenters. The second kappa shape index (κ2) is 6.33. The Bertz CT molecular complexity index is 999. The van der Waals surface area contributed by atoms with E-state index in [2.05, 4.69) is 0 Å². The number of hydrogen-bond acceptors (Lipinski definition) is 3. The van der Waals surface area contributed by atoms with E-state index in [0.717, 1.165) is 21.6 Å². The maximum atomic E-state index is 13.3. The fourth-order valence-electron chi connectivity index (χ4n) is 2.99. The van der Waals surface area contributed by atoms with Crippen LogP contribution in [0, 0.1) is 6.92 Å². The zero-order valence-corrected chi connectivity index (χ0v) is 15.3. The number of nitrogens with zero attached hydrogens (tertiary/aromatic N) is 1. The highest BCUT2D eigenvalue weighted by molar-refractivity contribution is 8.08. The fourth-order valence-corrected chi connectivity index (χ4v) is 6.04. The summed E-state index contributed by atoms with van der Waals surface area (Å²) in [7, 11) is -3.62. The van der Waals surface area contributed by atoms with E-state index in [9.17, 15) is 8.42 Å². The van der Waals surface area contributed by atoms with Crippen LogP contribution in [-0.4, -0.2) is 12.1 Å². The molecule has 0 aromatic heterocycles. The first-order valence-electron chi connectivity index (χ1n) is 8.00. The fraction of sp³-hybridized carbons (Fsp3) is 0.100. The van der Waals surface area contributed by atoms with Crippen LogP contribution in [0.1, 0.15) is 22.7 Å². The monoisotopic (exact) mass is 367 g/mol. The molecule has 1 aliphatic heterocycles. The number of aryl methyl sites for hydroxylation is 1.